The minimum absolute atomic E-state index is 0.0614. The summed E-state index contributed by atoms with van der Waals surface area (Å²) in [6, 6.07) is 0. The van der Waals surface area contributed by atoms with Crippen molar-refractivity contribution >= 4 is 17.3 Å². The van der Waals surface area contributed by atoms with Crippen molar-refractivity contribution in [3.63, 3.8) is 0 Å². The summed E-state index contributed by atoms with van der Waals surface area (Å²) in [6.45, 7) is 4.99. The highest BCUT2D eigenvalue weighted by Gasteiger charge is 2.26. The van der Waals surface area contributed by atoms with E-state index in [1.165, 1.54) is 12.0 Å². The number of hydrogen-bond donors (Lipinski definition) is 0. The first-order valence-corrected chi connectivity index (χ1v) is 7.28. The molecule has 0 spiro atoms. The van der Waals surface area contributed by atoms with Gasteiger partial charge < -0.3 is 9.64 Å². The van der Waals surface area contributed by atoms with Crippen LogP contribution in [0.5, 0.6) is 0 Å². The second-order valence-electron chi connectivity index (χ2n) is 4.77. The molecule has 1 unspecified atom stereocenters. The highest BCUT2D eigenvalue weighted by atomic mass is 32.1. The predicted molar refractivity (Wildman–Crippen MR) is 71.7 cm³/mol. The van der Waals surface area contributed by atoms with Crippen molar-refractivity contribution in [1.82, 2.24) is 9.88 Å². The molecule has 0 aliphatic carbocycles. The summed E-state index contributed by atoms with van der Waals surface area (Å²) in [5.41, 5.74) is 3.04. The second kappa shape index (κ2) is 6.29. The average molecular weight is 268 g/mol. The van der Waals surface area contributed by atoms with Crippen molar-refractivity contribution in [2.45, 2.75) is 26.2 Å². The fourth-order valence-electron chi connectivity index (χ4n) is 2.44. The van der Waals surface area contributed by atoms with Gasteiger partial charge in [-0.2, -0.15) is 0 Å². The molecule has 0 saturated carbocycles. The number of ether oxygens (including phenoxy) is 1. The van der Waals surface area contributed by atoms with Crippen molar-refractivity contribution in [3.8, 4) is 0 Å². The van der Waals surface area contributed by atoms with Crippen LogP contribution in [0.3, 0.4) is 0 Å². The highest BCUT2D eigenvalue weighted by Crippen LogP contribution is 2.19. The third-order valence-corrected chi connectivity index (χ3v) is 4.53. The van der Waals surface area contributed by atoms with Crippen LogP contribution in [-0.2, 0) is 16.0 Å². The van der Waals surface area contributed by atoms with Gasteiger partial charge in [-0.15, -0.1) is 11.3 Å². The summed E-state index contributed by atoms with van der Waals surface area (Å²) in [6.07, 6.45) is 3.08. The smallest absolute Gasteiger partial charge is 0.309 e. The normalized spacial score (nSPS) is 20.9. The zero-order valence-corrected chi connectivity index (χ0v) is 11.8. The lowest BCUT2D eigenvalue weighted by molar-refractivity contribution is -0.147. The Morgan fingerprint density at radius 1 is 1.67 bits per heavy atom. The topological polar surface area (TPSA) is 42.4 Å². The SMILES string of the molecule is COC(=O)C1CCCN(CCc2scnc2C)C1. The van der Waals surface area contributed by atoms with E-state index in [0.717, 1.165) is 44.6 Å². The number of carbonyl (C=O) groups is 1. The molecule has 1 aliphatic heterocycles. The molecule has 2 heterocycles. The van der Waals surface area contributed by atoms with Crippen molar-refractivity contribution in [3.05, 3.63) is 16.1 Å². The van der Waals surface area contributed by atoms with Crippen LogP contribution in [0.1, 0.15) is 23.4 Å². The number of piperidine rings is 1. The zero-order valence-electron chi connectivity index (χ0n) is 11.0. The van der Waals surface area contributed by atoms with Gasteiger partial charge in [0.2, 0.25) is 0 Å². The summed E-state index contributed by atoms with van der Waals surface area (Å²) < 4.78 is 4.83. The predicted octanol–water partition coefficient (Wildman–Crippen LogP) is 1.88. The summed E-state index contributed by atoms with van der Waals surface area (Å²) >= 11 is 1.72. The molecule has 18 heavy (non-hydrogen) atoms. The third-order valence-electron chi connectivity index (χ3n) is 3.54. The van der Waals surface area contributed by atoms with Crippen LogP contribution in [0.4, 0.5) is 0 Å². The van der Waals surface area contributed by atoms with Crippen molar-refractivity contribution in [2.75, 3.05) is 26.7 Å². The Bertz CT molecular complexity index is 405. The number of methoxy groups -OCH3 is 1. The maximum atomic E-state index is 11.5. The van der Waals surface area contributed by atoms with E-state index in [0.29, 0.717) is 0 Å². The van der Waals surface area contributed by atoms with Gasteiger partial charge in [0.05, 0.1) is 24.2 Å². The zero-order chi connectivity index (χ0) is 13.0. The maximum Gasteiger partial charge on any atom is 0.309 e. The number of likely N-dealkylation sites (tertiary alicyclic amines) is 1. The number of esters is 1. The van der Waals surface area contributed by atoms with Crippen molar-refractivity contribution < 1.29 is 9.53 Å². The average Bonchev–Trinajstić information content (AvgIpc) is 2.81. The first-order valence-electron chi connectivity index (χ1n) is 6.40. The Kier molecular flexibility index (Phi) is 4.72. The van der Waals surface area contributed by atoms with E-state index in [1.807, 2.05) is 5.51 Å². The molecule has 0 radical (unpaired) electrons. The van der Waals surface area contributed by atoms with Crippen molar-refractivity contribution in [1.29, 1.82) is 0 Å². The first kappa shape index (κ1) is 13.5. The standard InChI is InChI=1S/C13H20N2O2S/c1-10-12(18-9-14-10)5-7-15-6-3-4-11(8-15)13(16)17-2/h9,11H,3-8H2,1-2H3. The Morgan fingerprint density at radius 2 is 2.50 bits per heavy atom. The second-order valence-corrected chi connectivity index (χ2v) is 5.71. The lowest BCUT2D eigenvalue weighted by Crippen LogP contribution is -2.40. The Hall–Kier alpha value is -0.940. The molecule has 1 saturated heterocycles. The van der Waals surface area contributed by atoms with Gasteiger partial charge >= 0.3 is 5.97 Å². The maximum absolute atomic E-state index is 11.5. The molecule has 0 N–H and O–H groups in total. The van der Waals surface area contributed by atoms with Crippen LogP contribution in [0.25, 0.3) is 0 Å². The number of carbonyl (C=O) groups excluding carboxylic acids is 1. The molecular formula is C13H20N2O2S. The summed E-state index contributed by atoms with van der Waals surface area (Å²) in [5.74, 6) is -0.0000199. The van der Waals surface area contributed by atoms with E-state index < -0.39 is 0 Å². The van der Waals surface area contributed by atoms with Gasteiger partial charge in [0.25, 0.3) is 0 Å². The molecule has 0 bridgehead atoms. The van der Waals surface area contributed by atoms with Crippen LogP contribution in [0.2, 0.25) is 0 Å². The first-order chi connectivity index (χ1) is 8.70. The van der Waals surface area contributed by atoms with Gasteiger partial charge in [0, 0.05) is 18.0 Å². The van der Waals surface area contributed by atoms with Gasteiger partial charge in [-0.25, -0.2) is 4.98 Å². The molecule has 5 heteroatoms. The molecule has 0 aromatic carbocycles. The van der Waals surface area contributed by atoms with E-state index in [9.17, 15) is 4.79 Å². The third kappa shape index (κ3) is 3.29. The fraction of sp³-hybridized carbons (Fsp3) is 0.692. The van der Waals surface area contributed by atoms with Crippen LogP contribution in [-0.4, -0.2) is 42.6 Å². The Balaban J connectivity index is 1.83. The molecule has 1 atom stereocenters. The van der Waals surface area contributed by atoms with Crippen LogP contribution >= 0.6 is 11.3 Å². The molecule has 100 valence electrons. The van der Waals surface area contributed by atoms with Gasteiger partial charge in [-0.3, -0.25) is 4.79 Å². The van der Waals surface area contributed by atoms with E-state index >= 15 is 0 Å². The molecule has 4 nitrogen and oxygen atoms in total. The van der Waals surface area contributed by atoms with E-state index in [2.05, 4.69) is 16.8 Å². The Labute approximate surface area is 112 Å². The van der Waals surface area contributed by atoms with Gasteiger partial charge in [-0.1, -0.05) is 0 Å². The van der Waals surface area contributed by atoms with Crippen LogP contribution in [0, 0.1) is 12.8 Å². The largest absolute Gasteiger partial charge is 0.469 e. The number of hydrogen-bond acceptors (Lipinski definition) is 5. The molecule has 1 fully saturated rings. The Morgan fingerprint density at radius 3 is 3.17 bits per heavy atom. The molecule has 2 rings (SSSR count). The van der Waals surface area contributed by atoms with E-state index in [4.69, 9.17) is 4.74 Å². The summed E-state index contributed by atoms with van der Waals surface area (Å²) in [7, 11) is 1.47. The highest BCUT2D eigenvalue weighted by molar-refractivity contribution is 7.09. The van der Waals surface area contributed by atoms with Gasteiger partial charge in [0.15, 0.2) is 0 Å². The molecule has 1 aromatic heterocycles. The minimum atomic E-state index is -0.0614. The monoisotopic (exact) mass is 268 g/mol. The molecule has 1 aliphatic rings. The number of aryl methyl sites for hydroxylation is 1. The minimum Gasteiger partial charge on any atom is -0.469 e. The quantitative estimate of drug-likeness (QED) is 0.782. The van der Waals surface area contributed by atoms with E-state index in [1.54, 1.807) is 11.3 Å². The molecule has 1 aromatic rings. The summed E-state index contributed by atoms with van der Waals surface area (Å²) in [4.78, 5) is 19.5. The van der Waals surface area contributed by atoms with Crippen molar-refractivity contribution in [2.24, 2.45) is 5.92 Å². The fourth-order valence-corrected chi connectivity index (χ4v) is 3.21. The molecule has 0 amide bonds. The summed E-state index contributed by atoms with van der Waals surface area (Å²) in [5, 5.41) is 0. The van der Waals surface area contributed by atoms with Gasteiger partial charge in [0.1, 0.15) is 0 Å². The lowest BCUT2D eigenvalue weighted by Gasteiger charge is -2.31. The van der Waals surface area contributed by atoms with Crippen LogP contribution < -0.4 is 0 Å². The number of aromatic nitrogens is 1. The number of thiazole rings is 1. The molecular weight excluding hydrogens is 248 g/mol. The lowest BCUT2D eigenvalue weighted by atomic mass is 9.98. The number of rotatable bonds is 4. The van der Waals surface area contributed by atoms with Crippen LogP contribution in [0.15, 0.2) is 5.51 Å². The van der Waals surface area contributed by atoms with Gasteiger partial charge in [-0.05, 0) is 32.7 Å². The van der Waals surface area contributed by atoms with E-state index in [-0.39, 0.29) is 11.9 Å². The number of nitrogens with zero attached hydrogens (tertiary/aromatic N) is 2.